The van der Waals surface area contributed by atoms with Gasteiger partial charge in [0.2, 0.25) is 0 Å². The van der Waals surface area contributed by atoms with Crippen molar-refractivity contribution in [2.24, 2.45) is 5.92 Å². The molecule has 0 amide bonds. The highest BCUT2D eigenvalue weighted by Gasteiger charge is 2.44. The molecule has 39 heavy (non-hydrogen) atoms. The largest absolute Gasteiger partial charge is 0.497 e. The molecule has 1 fully saturated rings. The average molecular weight is 533 g/mol. The van der Waals surface area contributed by atoms with Gasteiger partial charge in [0.1, 0.15) is 30.3 Å². The van der Waals surface area contributed by atoms with Gasteiger partial charge in [0.15, 0.2) is 0 Å². The fourth-order valence-corrected chi connectivity index (χ4v) is 4.66. The van der Waals surface area contributed by atoms with E-state index in [0.29, 0.717) is 41.9 Å². The maximum atomic E-state index is 13.0. The van der Waals surface area contributed by atoms with E-state index in [2.05, 4.69) is 12.7 Å². The summed E-state index contributed by atoms with van der Waals surface area (Å²) in [4.78, 5) is 38.3. The fraction of sp³-hybridized carbons (Fsp3) is 0.323. The van der Waals surface area contributed by atoms with Gasteiger partial charge in [-0.2, -0.15) is 0 Å². The second-order valence-electron chi connectivity index (χ2n) is 9.52. The molecule has 1 aliphatic carbocycles. The zero-order chi connectivity index (χ0) is 27.9. The van der Waals surface area contributed by atoms with E-state index in [1.54, 1.807) is 68.8 Å². The maximum absolute atomic E-state index is 13.0. The fourth-order valence-electron chi connectivity index (χ4n) is 4.66. The Morgan fingerprint density at radius 1 is 0.949 bits per heavy atom. The molecule has 0 radical (unpaired) electrons. The molecule has 4 rings (SSSR count). The molecule has 2 aromatic rings. The third-order valence-corrected chi connectivity index (χ3v) is 6.84. The van der Waals surface area contributed by atoms with E-state index < -0.39 is 36.0 Å². The summed E-state index contributed by atoms with van der Waals surface area (Å²) in [5.74, 6) is -0.859. The Kier molecular flexibility index (Phi) is 8.86. The first-order valence-electron chi connectivity index (χ1n) is 12.7. The van der Waals surface area contributed by atoms with Crippen LogP contribution in [0, 0.1) is 5.92 Å². The van der Waals surface area contributed by atoms with Crippen LogP contribution in [-0.4, -0.2) is 50.9 Å². The molecule has 1 heterocycles. The quantitative estimate of drug-likeness (QED) is 0.207. The number of benzene rings is 2. The van der Waals surface area contributed by atoms with Gasteiger partial charge >= 0.3 is 17.9 Å². The number of allylic oxidation sites excluding steroid dienone is 1. The number of rotatable bonds is 7. The van der Waals surface area contributed by atoms with E-state index in [4.69, 9.17) is 23.7 Å². The van der Waals surface area contributed by atoms with Gasteiger partial charge in [0.25, 0.3) is 0 Å². The number of methoxy groups -OCH3 is 2. The van der Waals surface area contributed by atoms with Gasteiger partial charge in [-0.15, -0.1) is 0 Å². The Morgan fingerprint density at radius 2 is 1.54 bits per heavy atom. The Balaban J connectivity index is 1.54. The van der Waals surface area contributed by atoms with Crippen LogP contribution in [0.4, 0.5) is 0 Å². The summed E-state index contributed by atoms with van der Waals surface area (Å²) in [6.45, 7) is 5.94. The molecular weight excluding hydrogens is 500 g/mol. The van der Waals surface area contributed by atoms with Crippen molar-refractivity contribution in [1.29, 1.82) is 0 Å². The summed E-state index contributed by atoms with van der Waals surface area (Å²) in [7, 11) is 3.10. The van der Waals surface area contributed by atoms with E-state index >= 15 is 0 Å². The van der Waals surface area contributed by atoms with Crippen molar-refractivity contribution >= 4 is 17.9 Å². The van der Waals surface area contributed by atoms with Crippen molar-refractivity contribution < 1.29 is 38.1 Å². The summed E-state index contributed by atoms with van der Waals surface area (Å²) < 4.78 is 27.5. The van der Waals surface area contributed by atoms with Crippen LogP contribution in [-0.2, 0) is 19.0 Å². The molecule has 0 unspecified atom stereocenters. The van der Waals surface area contributed by atoms with Crippen molar-refractivity contribution in [2.75, 3.05) is 20.8 Å². The smallest absolute Gasteiger partial charge is 0.338 e. The molecular formula is C31H32O8. The molecule has 8 heteroatoms. The first-order chi connectivity index (χ1) is 18.8. The zero-order valence-corrected chi connectivity index (χ0v) is 22.3. The van der Waals surface area contributed by atoms with Crippen LogP contribution in [0.15, 0.2) is 84.0 Å². The molecule has 0 spiro atoms. The number of hydrogen-bond donors (Lipinski definition) is 0. The van der Waals surface area contributed by atoms with Gasteiger partial charge in [-0.1, -0.05) is 18.2 Å². The summed E-state index contributed by atoms with van der Waals surface area (Å²) in [6.07, 6.45) is 4.18. The van der Waals surface area contributed by atoms with E-state index in [-0.39, 0.29) is 12.2 Å². The SMILES string of the molecule is C=C1C(=O)O[C@@H]2/C=C(\COC(=O)c3ccc(OC)cc3)CC/C=C(\C)C[C@H](OC(=O)c3ccc(OC)cc3)[C@@H]12. The third-order valence-electron chi connectivity index (χ3n) is 6.84. The predicted octanol–water partition coefficient (Wildman–Crippen LogP) is 5.24. The number of fused-ring (bicyclic) bond motifs is 1. The van der Waals surface area contributed by atoms with Crippen LogP contribution in [0.5, 0.6) is 11.5 Å². The zero-order valence-electron chi connectivity index (χ0n) is 22.3. The van der Waals surface area contributed by atoms with Crippen LogP contribution in [0.1, 0.15) is 46.9 Å². The normalized spacial score (nSPS) is 23.7. The molecule has 0 N–H and O–H groups in total. The number of carbonyl (C=O) groups is 3. The van der Waals surface area contributed by atoms with Crippen LogP contribution in [0.2, 0.25) is 0 Å². The van der Waals surface area contributed by atoms with E-state index in [0.717, 1.165) is 11.1 Å². The predicted molar refractivity (Wildman–Crippen MR) is 144 cm³/mol. The molecule has 2 aromatic carbocycles. The van der Waals surface area contributed by atoms with Crippen LogP contribution in [0.25, 0.3) is 0 Å². The lowest BCUT2D eigenvalue weighted by Gasteiger charge is -2.27. The molecule has 3 atom stereocenters. The number of hydrogen-bond acceptors (Lipinski definition) is 8. The first-order valence-corrected chi connectivity index (χ1v) is 12.7. The highest BCUT2D eigenvalue weighted by Crippen LogP contribution is 2.36. The van der Waals surface area contributed by atoms with Crippen LogP contribution in [0.3, 0.4) is 0 Å². The molecule has 0 aromatic heterocycles. The first kappa shape index (κ1) is 27.7. The lowest BCUT2D eigenvalue weighted by atomic mass is 9.85. The van der Waals surface area contributed by atoms with Crippen molar-refractivity contribution in [2.45, 2.75) is 38.4 Å². The molecule has 204 valence electrons. The average Bonchev–Trinajstić information content (AvgIpc) is 3.23. The number of esters is 3. The molecule has 1 saturated heterocycles. The van der Waals surface area contributed by atoms with Crippen LogP contribution < -0.4 is 9.47 Å². The molecule has 1 aliphatic heterocycles. The van der Waals surface area contributed by atoms with Gasteiger partial charge in [-0.3, -0.25) is 0 Å². The van der Waals surface area contributed by atoms with E-state index in [1.807, 2.05) is 6.92 Å². The van der Waals surface area contributed by atoms with Crippen molar-refractivity contribution in [1.82, 2.24) is 0 Å². The van der Waals surface area contributed by atoms with Gasteiger partial charge in [0.05, 0.1) is 31.3 Å². The Morgan fingerprint density at radius 3 is 2.13 bits per heavy atom. The second kappa shape index (κ2) is 12.5. The lowest BCUT2D eigenvalue weighted by molar-refractivity contribution is -0.137. The van der Waals surface area contributed by atoms with Crippen LogP contribution >= 0.6 is 0 Å². The monoisotopic (exact) mass is 532 g/mol. The Labute approximate surface area is 227 Å². The standard InChI is InChI=1S/C31H32O8/c1-19-6-5-7-21(18-37-30(33)22-8-12-24(35-3)13-9-22)17-27-28(20(2)29(32)38-27)26(16-19)39-31(34)23-10-14-25(36-4)15-11-23/h6,8-15,17,26-28H,2,5,7,16,18H2,1,3-4H3/b19-6+,21-17-/t26-,27+,28+/m0/s1. The second-order valence-corrected chi connectivity index (χ2v) is 9.52. The topological polar surface area (TPSA) is 97.4 Å². The molecule has 2 aliphatic rings. The van der Waals surface area contributed by atoms with Crippen molar-refractivity contribution in [3.63, 3.8) is 0 Å². The highest BCUT2D eigenvalue weighted by molar-refractivity contribution is 5.92. The number of carbonyl (C=O) groups excluding carboxylic acids is 3. The molecule has 8 nitrogen and oxygen atoms in total. The van der Waals surface area contributed by atoms with Gasteiger partial charge < -0.3 is 23.7 Å². The minimum absolute atomic E-state index is 0.0291. The van der Waals surface area contributed by atoms with Gasteiger partial charge in [-0.05, 0) is 79.9 Å². The summed E-state index contributed by atoms with van der Waals surface area (Å²) in [5.41, 5.74) is 2.80. The van der Waals surface area contributed by atoms with Crippen molar-refractivity contribution in [3.05, 3.63) is 95.1 Å². The van der Waals surface area contributed by atoms with Gasteiger partial charge in [-0.25, -0.2) is 14.4 Å². The highest BCUT2D eigenvalue weighted by atomic mass is 16.6. The Hall–Kier alpha value is -4.33. The summed E-state index contributed by atoms with van der Waals surface area (Å²) in [6, 6.07) is 13.3. The van der Waals surface area contributed by atoms with E-state index in [9.17, 15) is 14.4 Å². The maximum Gasteiger partial charge on any atom is 0.338 e. The molecule has 0 saturated carbocycles. The third kappa shape index (κ3) is 6.76. The number of ether oxygens (including phenoxy) is 5. The Bertz CT molecular complexity index is 1290. The summed E-state index contributed by atoms with van der Waals surface area (Å²) >= 11 is 0. The molecule has 0 bridgehead atoms. The minimum Gasteiger partial charge on any atom is -0.497 e. The summed E-state index contributed by atoms with van der Waals surface area (Å²) in [5, 5.41) is 0. The minimum atomic E-state index is -0.709. The van der Waals surface area contributed by atoms with Crippen molar-refractivity contribution in [3.8, 4) is 11.5 Å². The van der Waals surface area contributed by atoms with Gasteiger partial charge in [0, 0.05) is 12.0 Å². The van der Waals surface area contributed by atoms with E-state index in [1.165, 1.54) is 0 Å². The lowest BCUT2D eigenvalue weighted by Crippen LogP contribution is -2.33.